The number of guanidine groups is 1. The van der Waals surface area contributed by atoms with E-state index in [1.807, 2.05) is 13.8 Å². The maximum Gasteiger partial charge on any atom is 0.310 e. The molecule has 0 aliphatic rings. The summed E-state index contributed by atoms with van der Waals surface area (Å²) in [4.78, 5) is 17.1. The Hall–Kier alpha value is -1.56. The number of aliphatic imine (C=N–C) groups is 1. The SMILES string of the molecule is CCNC(=NCc1sccc1C)NCC(C)C(=O)OC. The summed E-state index contributed by atoms with van der Waals surface area (Å²) < 4.78 is 4.70. The molecule has 0 bridgehead atoms. The number of hydrogen-bond donors (Lipinski definition) is 2. The lowest BCUT2D eigenvalue weighted by Gasteiger charge is -2.14. The topological polar surface area (TPSA) is 62.7 Å². The van der Waals surface area contributed by atoms with E-state index in [1.165, 1.54) is 17.6 Å². The van der Waals surface area contributed by atoms with E-state index in [4.69, 9.17) is 4.74 Å². The molecule has 0 spiro atoms. The minimum atomic E-state index is -0.220. The number of hydrogen-bond acceptors (Lipinski definition) is 4. The van der Waals surface area contributed by atoms with E-state index in [1.54, 1.807) is 11.3 Å². The molecular weight excluding hydrogens is 274 g/mol. The minimum Gasteiger partial charge on any atom is -0.469 e. The third-order valence-corrected chi connectivity index (χ3v) is 3.88. The predicted octanol–water partition coefficient (Wildman–Crippen LogP) is 1.92. The quantitative estimate of drug-likeness (QED) is 0.478. The molecule has 0 amide bonds. The molecule has 0 aromatic carbocycles. The monoisotopic (exact) mass is 297 g/mol. The molecule has 2 N–H and O–H groups in total. The molecule has 0 aliphatic heterocycles. The number of carbonyl (C=O) groups is 1. The fourth-order valence-corrected chi connectivity index (χ4v) is 2.42. The number of ether oxygens (including phenoxy) is 1. The Labute approximate surface area is 124 Å². The van der Waals surface area contributed by atoms with Crippen molar-refractivity contribution in [1.82, 2.24) is 10.6 Å². The van der Waals surface area contributed by atoms with E-state index >= 15 is 0 Å². The van der Waals surface area contributed by atoms with Gasteiger partial charge in [-0.05, 0) is 30.9 Å². The summed E-state index contributed by atoms with van der Waals surface area (Å²) in [6.07, 6.45) is 0. The lowest BCUT2D eigenvalue weighted by molar-refractivity contribution is -0.144. The molecule has 0 fully saturated rings. The third kappa shape index (κ3) is 5.21. The summed E-state index contributed by atoms with van der Waals surface area (Å²) in [6, 6.07) is 2.09. The molecule has 1 unspecified atom stereocenters. The maximum atomic E-state index is 11.4. The second-order valence-corrected chi connectivity index (χ2v) is 5.53. The summed E-state index contributed by atoms with van der Waals surface area (Å²) in [7, 11) is 1.40. The number of nitrogens with zero attached hydrogens (tertiary/aromatic N) is 1. The summed E-state index contributed by atoms with van der Waals surface area (Å²) >= 11 is 1.71. The number of rotatable bonds is 6. The van der Waals surface area contributed by atoms with E-state index in [-0.39, 0.29) is 11.9 Å². The molecule has 112 valence electrons. The molecule has 0 saturated carbocycles. The van der Waals surface area contributed by atoms with Crippen LogP contribution in [0.4, 0.5) is 0 Å². The lowest BCUT2D eigenvalue weighted by Crippen LogP contribution is -2.40. The summed E-state index contributed by atoms with van der Waals surface area (Å²) in [5, 5.41) is 8.40. The van der Waals surface area contributed by atoms with Gasteiger partial charge in [0.15, 0.2) is 5.96 Å². The predicted molar refractivity (Wildman–Crippen MR) is 83.1 cm³/mol. The van der Waals surface area contributed by atoms with Gasteiger partial charge in [0, 0.05) is 18.0 Å². The summed E-state index contributed by atoms with van der Waals surface area (Å²) in [6.45, 7) is 7.85. The van der Waals surface area contributed by atoms with Crippen LogP contribution < -0.4 is 10.6 Å². The van der Waals surface area contributed by atoms with Crippen LogP contribution in [0.15, 0.2) is 16.4 Å². The first-order valence-corrected chi connectivity index (χ1v) is 7.59. The normalized spacial score (nSPS) is 12.9. The van der Waals surface area contributed by atoms with Gasteiger partial charge >= 0.3 is 5.97 Å². The van der Waals surface area contributed by atoms with Gasteiger partial charge in [0.05, 0.1) is 19.6 Å². The van der Waals surface area contributed by atoms with Crippen LogP contribution in [0, 0.1) is 12.8 Å². The van der Waals surface area contributed by atoms with Crippen molar-refractivity contribution in [2.75, 3.05) is 20.2 Å². The molecule has 1 heterocycles. The first-order chi connectivity index (χ1) is 9.58. The Bertz CT molecular complexity index is 457. The highest BCUT2D eigenvalue weighted by molar-refractivity contribution is 7.10. The van der Waals surface area contributed by atoms with Crippen molar-refractivity contribution in [3.8, 4) is 0 Å². The Morgan fingerprint density at radius 2 is 2.25 bits per heavy atom. The Balaban J connectivity index is 2.55. The van der Waals surface area contributed by atoms with Crippen LogP contribution in [-0.4, -0.2) is 32.1 Å². The molecule has 1 atom stereocenters. The fourth-order valence-electron chi connectivity index (χ4n) is 1.59. The first kappa shape index (κ1) is 16.5. The van der Waals surface area contributed by atoms with E-state index < -0.39 is 0 Å². The van der Waals surface area contributed by atoms with Gasteiger partial charge in [0.1, 0.15) is 0 Å². The molecule has 0 saturated heterocycles. The number of nitrogens with one attached hydrogen (secondary N) is 2. The second-order valence-electron chi connectivity index (χ2n) is 4.53. The van der Waals surface area contributed by atoms with E-state index in [0.29, 0.717) is 13.1 Å². The Morgan fingerprint density at radius 3 is 2.80 bits per heavy atom. The lowest BCUT2D eigenvalue weighted by atomic mass is 10.2. The largest absolute Gasteiger partial charge is 0.469 e. The Morgan fingerprint density at radius 1 is 1.50 bits per heavy atom. The molecule has 20 heavy (non-hydrogen) atoms. The van der Waals surface area contributed by atoms with Crippen LogP contribution in [0.3, 0.4) is 0 Å². The van der Waals surface area contributed by atoms with Crippen LogP contribution in [0.2, 0.25) is 0 Å². The van der Waals surface area contributed by atoms with Gasteiger partial charge in [-0.1, -0.05) is 6.92 Å². The zero-order valence-corrected chi connectivity index (χ0v) is 13.3. The zero-order chi connectivity index (χ0) is 15.0. The molecule has 1 rings (SSSR count). The van der Waals surface area contributed by atoms with E-state index in [9.17, 15) is 4.79 Å². The molecule has 5 nitrogen and oxygen atoms in total. The van der Waals surface area contributed by atoms with Gasteiger partial charge in [-0.3, -0.25) is 4.79 Å². The molecule has 6 heteroatoms. The third-order valence-electron chi connectivity index (χ3n) is 2.87. The van der Waals surface area contributed by atoms with Crippen LogP contribution >= 0.6 is 11.3 Å². The molecular formula is C14H23N3O2S. The van der Waals surface area contributed by atoms with Crippen LogP contribution in [0.5, 0.6) is 0 Å². The highest BCUT2D eigenvalue weighted by Crippen LogP contribution is 2.16. The zero-order valence-electron chi connectivity index (χ0n) is 12.5. The van der Waals surface area contributed by atoms with Crippen molar-refractivity contribution in [3.63, 3.8) is 0 Å². The fraction of sp³-hybridized carbons (Fsp3) is 0.571. The van der Waals surface area contributed by atoms with Crippen molar-refractivity contribution >= 4 is 23.3 Å². The molecule has 1 aromatic heterocycles. The van der Waals surface area contributed by atoms with E-state index in [2.05, 4.69) is 34.0 Å². The van der Waals surface area contributed by atoms with Crippen molar-refractivity contribution < 1.29 is 9.53 Å². The number of methoxy groups -OCH3 is 1. The minimum absolute atomic E-state index is 0.202. The first-order valence-electron chi connectivity index (χ1n) is 6.71. The van der Waals surface area contributed by atoms with Gasteiger partial charge in [-0.15, -0.1) is 11.3 Å². The van der Waals surface area contributed by atoms with Crippen LogP contribution in [-0.2, 0) is 16.1 Å². The van der Waals surface area contributed by atoms with Crippen molar-refractivity contribution in [2.45, 2.75) is 27.3 Å². The maximum absolute atomic E-state index is 11.4. The van der Waals surface area contributed by atoms with Crippen molar-refractivity contribution in [2.24, 2.45) is 10.9 Å². The number of aryl methyl sites for hydroxylation is 1. The average molecular weight is 297 g/mol. The smallest absolute Gasteiger partial charge is 0.310 e. The molecule has 0 aliphatic carbocycles. The summed E-state index contributed by atoms with van der Waals surface area (Å²) in [5.41, 5.74) is 1.26. The van der Waals surface area contributed by atoms with Crippen molar-refractivity contribution in [3.05, 3.63) is 21.9 Å². The number of thiophene rings is 1. The number of esters is 1. The Kier molecular flexibility index (Phi) is 7.08. The molecule has 1 aromatic rings. The van der Waals surface area contributed by atoms with Gasteiger partial charge in [0.25, 0.3) is 0 Å². The van der Waals surface area contributed by atoms with Gasteiger partial charge in [0.2, 0.25) is 0 Å². The highest BCUT2D eigenvalue weighted by Gasteiger charge is 2.13. The van der Waals surface area contributed by atoms with Crippen molar-refractivity contribution in [1.29, 1.82) is 0 Å². The van der Waals surface area contributed by atoms with Crippen LogP contribution in [0.25, 0.3) is 0 Å². The second kappa shape index (κ2) is 8.58. The molecule has 0 radical (unpaired) electrons. The standard InChI is InChI=1S/C14H23N3O2S/c1-5-15-14(16-8-11(3)13(18)19-4)17-9-12-10(2)6-7-20-12/h6-7,11H,5,8-9H2,1-4H3,(H2,15,16,17). The average Bonchev–Trinajstić information content (AvgIpc) is 2.86. The highest BCUT2D eigenvalue weighted by atomic mass is 32.1. The van der Waals surface area contributed by atoms with E-state index in [0.717, 1.165) is 12.5 Å². The number of carbonyl (C=O) groups excluding carboxylic acids is 1. The van der Waals surface area contributed by atoms with Crippen LogP contribution in [0.1, 0.15) is 24.3 Å². The van der Waals surface area contributed by atoms with Gasteiger partial charge < -0.3 is 15.4 Å². The summed E-state index contributed by atoms with van der Waals surface area (Å²) in [5.74, 6) is 0.297. The van der Waals surface area contributed by atoms with Gasteiger partial charge in [-0.2, -0.15) is 0 Å². The van der Waals surface area contributed by atoms with Gasteiger partial charge in [-0.25, -0.2) is 4.99 Å².